The van der Waals surface area contributed by atoms with E-state index in [0.717, 1.165) is 24.1 Å². The molecule has 0 spiro atoms. The van der Waals surface area contributed by atoms with Crippen LogP contribution in [0.5, 0.6) is 0 Å². The zero-order valence-corrected chi connectivity index (χ0v) is 10.0. The summed E-state index contributed by atoms with van der Waals surface area (Å²) in [6.07, 6.45) is 5.39. The summed E-state index contributed by atoms with van der Waals surface area (Å²) in [4.78, 5) is 17.0. The third-order valence-corrected chi connectivity index (χ3v) is 2.29. The molecule has 0 atom stereocenters. The highest BCUT2D eigenvalue weighted by atomic mass is 15.0. The van der Waals surface area contributed by atoms with Crippen LogP contribution in [0.15, 0.2) is 18.5 Å². The molecule has 2 N–H and O–H groups in total. The molecule has 0 unspecified atom stereocenters. The molecular weight excluding hydrogens is 214 g/mol. The molecule has 0 amide bonds. The fourth-order valence-electron chi connectivity index (χ4n) is 1.51. The third kappa shape index (κ3) is 2.75. The second-order valence-electron chi connectivity index (χ2n) is 3.94. The Kier molecular flexibility index (Phi) is 3.27. The summed E-state index contributed by atoms with van der Waals surface area (Å²) in [7, 11) is 0. The highest BCUT2D eigenvalue weighted by molar-refractivity contribution is 5.47. The Morgan fingerprint density at radius 1 is 1.12 bits per heavy atom. The first-order valence-electron chi connectivity index (χ1n) is 5.61. The Morgan fingerprint density at radius 3 is 2.47 bits per heavy atom. The Morgan fingerprint density at radius 2 is 1.82 bits per heavy atom. The molecule has 0 bridgehead atoms. The van der Waals surface area contributed by atoms with Crippen LogP contribution >= 0.6 is 0 Å². The van der Waals surface area contributed by atoms with Crippen LogP contribution in [0.25, 0.3) is 11.6 Å². The molecular formula is C12H15N5. The molecule has 5 nitrogen and oxygen atoms in total. The summed E-state index contributed by atoms with van der Waals surface area (Å²) < 4.78 is 0. The molecule has 2 aromatic heterocycles. The molecule has 0 aliphatic carbocycles. The van der Waals surface area contributed by atoms with Gasteiger partial charge in [-0.05, 0) is 18.9 Å². The fourth-order valence-corrected chi connectivity index (χ4v) is 1.51. The molecule has 0 aromatic carbocycles. The van der Waals surface area contributed by atoms with Gasteiger partial charge >= 0.3 is 0 Å². The van der Waals surface area contributed by atoms with Crippen LogP contribution in [-0.4, -0.2) is 19.9 Å². The molecule has 88 valence electrons. The number of anilines is 1. The lowest BCUT2D eigenvalue weighted by molar-refractivity contribution is 0.873. The van der Waals surface area contributed by atoms with Gasteiger partial charge in [0.15, 0.2) is 11.6 Å². The summed E-state index contributed by atoms with van der Waals surface area (Å²) in [5.74, 6) is 1.47. The first-order valence-corrected chi connectivity index (χ1v) is 5.61. The first-order chi connectivity index (χ1) is 8.19. The van der Waals surface area contributed by atoms with Gasteiger partial charge in [-0.15, -0.1) is 0 Å². The van der Waals surface area contributed by atoms with Crippen molar-refractivity contribution in [2.45, 2.75) is 26.7 Å². The van der Waals surface area contributed by atoms with Gasteiger partial charge in [0, 0.05) is 24.2 Å². The SMILES string of the molecule is CCCc1cc(N)nc(-c2ncc(C)cn2)n1. The number of nitrogen functional groups attached to an aromatic ring is 1. The predicted octanol–water partition coefficient (Wildman–Crippen LogP) is 1.78. The summed E-state index contributed by atoms with van der Waals surface area (Å²) >= 11 is 0. The number of hydrogen-bond donors (Lipinski definition) is 1. The van der Waals surface area contributed by atoms with E-state index >= 15 is 0 Å². The zero-order chi connectivity index (χ0) is 12.3. The van der Waals surface area contributed by atoms with Gasteiger partial charge in [-0.25, -0.2) is 19.9 Å². The average molecular weight is 229 g/mol. The third-order valence-electron chi connectivity index (χ3n) is 2.29. The quantitative estimate of drug-likeness (QED) is 0.868. The highest BCUT2D eigenvalue weighted by Gasteiger charge is 2.07. The van der Waals surface area contributed by atoms with E-state index in [1.54, 1.807) is 18.5 Å². The van der Waals surface area contributed by atoms with Gasteiger partial charge in [-0.1, -0.05) is 13.3 Å². The van der Waals surface area contributed by atoms with Crippen LogP contribution in [0.3, 0.4) is 0 Å². The van der Waals surface area contributed by atoms with Crippen molar-refractivity contribution in [3.8, 4) is 11.6 Å². The van der Waals surface area contributed by atoms with Crippen LogP contribution in [-0.2, 0) is 6.42 Å². The van der Waals surface area contributed by atoms with Crippen LogP contribution in [0, 0.1) is 6.92 Å². The van der Waals surface area contributed by atoms with E-state index in [2.05, 4.69) is 26.9 Å². The molecule has 0 aliphatic rings. The van der Waals surface area contributed by atoms with E-state index in [9.17, 15) is 0 Å². The Hall–Kier alpha value is -2.04. The monoisotopic (exact) mass is 229 g/mol. The van der Waals surface area contributed by atoms with Crippen molar-refractivity contribution < 1.29 is 0 Å². The smallest absolute Gasteiger partial charge is 0.199 e. The molecule has 0 radical (unpaired) electrons. The Balaban J connectivity index is 2.40. The van der Waals surface area contributed by atoms with Crippen LogP contribution in [0.4, 0.5) is 5.82 Å². The Labute approximate surface area is 100 Å². The topological polar surface area (TPSA) is 77.6 Å². The second-order valence-corrected chi connectivity index (χ2v) is 3.94. The van der Waals surface area contributed by atoms with Crippen molar-refractivity contribution in [2.24, 2.45) is 0 Å². The minimum atomic E-state index is 0.461. The van der Waals surface area contributed by atoms with E-state index in [4.69, 9.17) is 5.73 Å². The lowest BCUT2D eigenvalue weighted by Gasteiger charge is -2.04. The van der Waals surface area contributed by atoms with Crippen LogP contribution < -0.4 is 5.73 Å². The molecule has 5 heteroatoms. The number of rotatable bonds is 3. The predicted molar refractivity (Wildman–Crippen MR) is 66.2 cm³/mol. The number of hydrogen-bond acceptors (Lipinski definition) is 5. The molecule has 0 aliphatic heterocycles. The van der Waals surface area contributed by atoms with Gasteiger partial charge in [-0.3, -0.25) is 0 Å². The molecule has 2 rings (SSSR count). The highest BCUT2D eigenvalue weighted by Crippen LogP contribution is 2.13. The van der Waals surface area contributed by atoms with Gasteiger partial charge in [0.05, 0.1) is 0 Å². The van der Waals surface area contributed by atoms with Crippen molar-refractivity contribution in [3.63, 3.8) is 0 Å². The largest absolute Gasteiger partial charge is 0.384 e. The molecule has 17 heavy (non-hydrogen) atoms. The second kappa shape index (κ2) is 4.86. The molecule has 0 saturated carbocycles. The van der Waals surface area contributed by atoms with Crippen LogP contribution in [0.2, 0.25) is 0 Å². The van der Waals surface area contributed by atoms with E-state index < -0.39 is 0 Å². The summed E-state index contributed by atoms with van der Waals surface area (Å²) in [5.41, 5.74) is 7.69. The maximum atomic E-state index is 5.75. The van der Waals surface area contributed by atoms with Crippen LogP contribution in [0.1, 0.15) is 24.6 Å². The number of nitrogens with two attached hydrogens (primary N) is 1. The summed E-state index contributed by atoms with van der Waals surface area (Å²) in [5, 5.41) is 0. The Bertz CT molecular complexity index is 507. The standard InChI is InChI=1S/C12H15N5/c1-3-4-9-5-10(13)17-12(16-9)11-14-6-8(2)7-15-11/h5-7H,3-4H2,1-2H3,(H2,13,16,17). The van der Waals surface area contributed by atoms with E-state index in [-0.39, 0.29) is 0 Å². The summed E-state index contributed by atoms with van der Waals surface area (Å²) in [6, 6.07) is 1.79. The lowest BCUT2D eigenvalue weighted by atomic mass is 10.2. The number of aromatic nitrogens is 4. The molecule has 2 aromatic rings. The number of aryl methyl sites for hydroxylation is 2. The van der Waals surface area contributed by atoms with Gasteiger partial charge in [-0.2, -0.15) is 0 Å². The number of nitrogens with zero attached hydrogens (tertiary/aromatic N) is 4. The minimum absolute atomic E-state index is 0.461. The van der Waals surface area contributed by atoms with Crippen molar-refractivity contribution in [3.05, 3.63) is 29.7 Å². The molecule has 0 fully saturated rings. The van der Waals surface area contributed by atoms with Gasteiger partial charge in [0.2, 0.25) is 0 Å². The average Bonchev–Trinajstić information content (AvgIpc) is 2.29. The van der Waals surface area contributed by atoms with E-state index in [1.807, 2.05) is 6.92 Å². The normalized spacial score (nSPS) is 10.5. The maximum Gasteiger partial charge on any atom is 0.199 e. The summed E-state index contributed by atoms with van der Waals surface area (Å²) in [6.45, 7) is 4.03. The van der Waals surface area contributed by atoms with Gasteiger partial charge in [0.1, 0.15) is 5.82 Å². The van der Waals surface area contributed by atoms with Crippen molar-refractivity contribution in [2.75, 3.05) is 5.73 Å². The van der Waals surface area contributed by atoms with Crippen molar-refractivity contribution in [1.29, 1.82) is 0 Å². The van der Waals surface area contributed by atoms with Gasteiger partial charge < -0.3 is 5.73 Å². The van der Waals surface area contributed by atoms with Crippen molar-refractivity contribution >= 4 is 5.82 Å². The van der Waals surface area contributed by atoms with Crippen molar-refractivity contribution in [1.82, 2.24) is 19.9 Å². The van der Waals surface area contributed by atoms with Gasteiger partial charge in [0.25, 0.3) is 0 Å². The zero-order valence-electron chi connectivity index (χ0n) is 10.0. The first kappa shape index (κ1) is 11.4. The van der Waals surface area contributed by atoms with E-state index in [1.165, 1.54) is 0 Å². The minimum Gasteiger partial charge on any atom is -0.384 e. The molecule has 2 heterocycles. The molecule has 0 saturated heterocycles. The maximum absolute atomic E-state index is 5.75. The fraction of sp³-hybridized carbons (Fsp3) is 0.333. The van der Waals surface area contributed by atoms with E-state index in [0.29, 0.717) is 17.5 Å². The lowest BCUT2D eigenvalue weighted by Crippen LogP contribution is -2.02.